The summed E-state index contributed by atoms with van der Waals surface area (Å²) in [5.41, 5.74) is 2.25. The van der Waals surface area contributed by atoms with Gasteiger partial charge in [0.25, 0.3) is 5.69 Å². The second kappa shape index (κ2) is 6.58. The van der Waals surface area contributed by atoms with Crippen LogP contribution in [0.4, 0.5) is 11.5 Å². The Morgan fingerprint density at radius 3 is 2.59 bits per heavy atom. The third-order valence-corrected chi connectivity index (χ3v) is 4.92. The van der Waals surface area contributed by atoms with Gasteiger partial charge in [-0.25, -0.2) is 9.97 Å². The van der Waals surface area contributed by atoms with Crippen LogP contribution in [0.15, 0.2) is 24.3 Å². The summed E-state index contributed by atoms with van der Waals surface area (Å²) in [4.78, 5) is 22.1. The number of nitrogens with zero attached hydrogens (tertiary/aromatic N) is 5. The Kier molecular flexibility index (Phi) is 4.23. The lowest BCUT2D eigenvalue weighted by Crippen LogP contribution is -2.57. The van der Waals surface area contributed by atoms with Crippen molar-refractivity contribution in [1.82, 2.24) is 25.1 Å². The quantitative estimate of drug-likeness (QED) is 0.526. The fourth-order valence-electron chi connectivity index (χ4n) is 3.26. The molecule has 1 fully saturated rings. The predicted molar refractivity (Wildman–Crippen MR) is 103 cm³/mol. The van der Waals surface area contributed by atoms with Gasteiger partial charge in [0, 0.05) is 36.8 Å². The fourth-order valence-corrected chi connectivity index (χ4v) is 3.26. The molecule has 0 unspecified atom stereocenters. The van der Waals surface area contributed by atoms with Crippen LogP contribution in [0.5, 0.6) is 0 Å². The lowest BCUT2D eigenvalue weighted by molar-refractivity contribution is -0.384. The second-order valence-corrected chi connectivity index (χ2v) is 7.12. The number of non-ortho nitro benzene ring substituents is 1. The monoisotopic (exact) mass is 367 g/mol. The van der Waals surface area contributed by atoms with Crippen LogP contribution >= 0.6 is 0 Å². The fraction of sp³-hybridized carbons (Fsp3) is 0.389. The number of aromatic amines is 1. The normalized spacial score (nSPS) is 15.3. The van der Waals surface area contributed by atoms with Crippen molar-refractivity contribution in [3.8, 4) is 11.4 Å². The van der Waals surface area contributed by atoms with Crippen molar-refractivity contribution in [3.63, 3.8) is 0 Å². The first-order valence-electron chi connectivity index (χ1n) is 8.90. The number of aryl methyl sites for hydroxylation is 1. The van der Waals surface area contributed by atoms with Crippen LogP contribution in [0.3, 0.4) is 0 Å². The number of likely N-dealkylation sites (tertiary alicyclic amines) is 1. The molecule has 9 heteroatoms. The van der Waals surface area contributed by atoms with E-state index in [0.29, 0.717) is 23.6 Å². The molecular formula is C18H21N7O2. The van der Waals surface area contributed by atoms with Crippen LogP contribution in [0.25, 0.3) is 22.4 Å². The molecule has 0 spiro atoms. The Hall–Kier alpha value is -3.07. The average Bonchev–Trinajstić information content (AvgIpc) is 2.98. The van der Waals surface area contributed by atoms with Gasteiger partial charge in [0.15, 0.2) is 11.5 Å². The molecule has 2 N–H and O–H groups in total. The highest BCUT2D eigenvalue weighted by Gasteiger charge is 2.29. The summed E-state index contributed by atoms with van der Waals surface area (Å²) in [6.07, 6.45) is 0. The number of fused-ring (bicyclic) bond motifs is 1. The summed E-state index contributed by atoms with van der Waals surface area (Å²) in [6.45, 7) is 8.22. The first-order valence-corrected chi connectivity index (χ1v) is 8.90. The number of rotatable bonds is 5. The predicted octanol–water partition coefficient (Wildman–Crippen LogP) is 2.74. The molecule has 1 aliphatic rings. The van der Waals surface area contributed by atoms with Crippen LogP contribution in [-0.2, 0) is 0 Å². The van der Waals surface area contributed by atoms with Crippen molar-refractivity contribution < 1.29 is 4.92 Å². The number of benzene rings is 1. The zero-order valence-corrected chi connectivity index (χ0v) is 15.4. The number of hydrogen-bond acceptors (Lipinski definition) is 7. The van der Waals surface area contributed by atoms with E-state index in [1.807, 2.05) is 6.92 Å². The molecule has 0 aliphatic carbocycles. The van der Waals surface area contributed by atoms with Gasteiger partial charge in [-0.3, -0.25) is 20.1 Å². The summed E-state index contributed by atoms with van der Waals surface area (Å²) < 4.78 is 0. The number of nitro groups is 1. The molecule has 2 aromatic heterocycles. The van der Waals surface area contributed by atoms with Crippen LogP contribution < -0.4 is 5.32 Å². The highest BCUT2D eigenvalue weighted by Crippen LogP contribution is 2.28. The van der Waals surface area contributed by atoms with Crippen LogP contribution in [0.1, 0.15) is 19.5 Å². The number of hydrogen-bond donors (Lipinski definition) is 2. The van der Waals surface area contributed by atoms with Crippen LogP contribution in [0.2, 0.25) is 0 Å². The van der Waals surface area contributed by atoms with E-state index in [9.17, 15) is 10.1 Å². The van der Waals surface area contributed by atoms with Gasteiger partial charge >= 0.3 is 0 Å². The van der Waals surface area contributed by atoms with Crippen LogP contribution in [-0.4, -0.2) is 55.2 Å². The summed E-state index contributed by atoms with van der Waals surface area (Å²) >= 11 is 0. The largest absolute Gasteiger partial charge is 0.364 e. The molecule has 1 saturated heterocycles. The van der Waals surface area contributed by atoms with E-state index >= 15 is 0 Å². The molecule has 3 heterocycles. The highest BCUT2D eigenvalue weighted by molar-refractivity contribution is 5.90. The van der Waals surface area contributed by atoms with Gasteiger partial charge < -0.3 is 5.32 Å². The molecule has 0 radical (unpaired) electrons. The summed E-state index contributed by atoms with van der Waals surface area (Å²) in [6, 6.07) is 7.09. The van der Waals surface area contributed by atoms with E-state index in [0.717, 1.165) is 35.6 Å². The molecule has 27 heavy (non-hydrogen) atoms. The number of anilines is 1. The number of aromatic nitrogens is 4. The maximum Gasteiger partial charge on any atom is 0.269 e. The molecular weight excluding hydrogens is 346 g/mol. The zero-order chi connectivity index (χ0) is 19.1. The molecule has 0 amide bonds. The first kappa shape index (κ1) is 17.3. The van der Waals surface area contributed by atoms with Gasteiger partial charge in [0.1, 0.15) is 5.82 Å². The van der Waals surface area contributed by atoms with E-state index < -0.39 is 4.92 Å². The minimum atomic E-state index is -0.420. The van der Waals surface area contributed by atoms with Crippen molar-refractivity contribution >= 4 is 22.5 Å². The Balaban J connectivity index is 1.67. The number of H-pyrrole nitrogens is 1. The molecule has 1 aliphatic heterocycles. The van der Waals surface area contributed by atoms with Gasteiger partial charge in [0.05, 0.1) is 22.0 Å². The maximum absolute atomic E-state index is 10.9. The number of nitro benzene ring substituents is 1. The lowest BCUT2D eigenvalue weighted by atomic mass is 10.1. The van der Waals surface area contributed by atoms with Gasteiger partial charge in [-0.15, -0.1) is 0 Å². The SMILES string of the molecule is Cc1n[nH]c2nc(-c3ccc([N+](=O)[O-])cc3)nc(NC3CN(C(C)C)C3)c12. The third-order valence-electron chi connectivity index (χ3n) is 4.92. The molecule has 0 atom stereocenters. The van der Waals surface area contributed by atoms with Crippen molar-refractivity contribution in [2.75, 3.05) is 18.4 Å². The molecule has 0 bridgehead atoms. The molecule has 4 rings (SSSR count). The van der Waals surface area contributed by atoms with E-state index in [1.54, 1.807) is 12.1 Å². The summed E-state index contributed by atoms with van der Waals surface area (Å²) in [5.74, 6) is 1.25. The summed E-state index contributed by atoms with van der Waals surface area (Å²) in [5, 5.41) is 22.5. The van der Waals surface area contributed by atoms with Gasteiger partial charge in [-0.1, -0.05) is 0 Å². The molecule has 140 valence electrons. The first-order chi connectivity index (χ1) is 12.9. The Morgan fingerprint density at radius 2 is 1.96 bits per heavy atom. The zero-order valence-electron chi connectivity index (χ0n) is 15.4. The van der Waals surface area contributed by atoms with Gasteiger partial charge in [0.2, 0.25) is 0 Å². The standard InChI is InChI=1S/C18H21N7O2/c1-10(2)24-8-13(9-24)19-17-15-11(3)22-23-18(15)21-16(20-17)12-4-6-14(7-5-12)25(26)27/h4-7,10,13H,8-9H2,1-3H3,(H2,19,20,21,22,23). The minimum absolute atomic E-state index is 0.0406. The van der Waals surface area contributed by atoms with Gasteiger partial charge in [-0.2, -0.15) is 5.10 Å². The van der Waals surface area contributed by atoms with E-state index in [2.05, 4.69) is 39.2 Å². The van der Waals surface area contributed by atoms with E-state index in [4.69, 9.17) is 4.98 Å². The molecule has 9 nitrogen and oxygen atoms in total. The van der Waals surface area contributed by atoms with Crippen molar-refractivity contribution in [2.45, 2.75) is 32.9 Å². The maximum atomic E-state index is 10.9. The highest BCUT2D eigenvalue weighted by atomic mass is 16.6. The minimum Gasteiger partial charge on any atom is -0.364 e. The van der Waals surface area contributed by atoms with Crippen molar-refractivity contribution in [1.29, 1.82) is 0 Å². The number of nitrogens with one attached hydrogen (secondary N) is 2. The van der Waals surface area contributed by atoms with Crippen LogP contribution in [0, 0.1) is 17.0 Å². The molecule has 3 aromatic rings. The second-order valence-electron chi connectivity index (χ2n) is 7.12. The van der Waals surface area contributed by atoms with Crippen molar-refractivity contribution in [2.24, 2.45) is 0 Å². The third kappa shape index (κ3) is 3.21. The topological polar surface area (TPSA) is 113 Å². The Morgan fingerprint density at radius 1 is 1.26 bits per heavy atom. The molecule has 0 saturated carbocycles. The summed E-state index contributed by atoms with van der Waals surface area (Å²) in [7, 11) is 0. The van der Waals surface area contributed by atoms with Gasteiger partial charge in [-0.05, 0) is 32.9 Å². The lowest BCUT2D eigenvalue weighted by Gasteiger charge is -2.42. The molecule has 1 aromatic carbocycles. The van der Waals surface area contributed by atoms with E-state index in [1.165, 1.54) is 12.1 Å². The average molecular weight is 367 g/mol. The van der Waals surface area contributed by atoms with E-state index in [-0.39, 0.29) is 5.69 Å². The van der Waals surface area contributed by atoms with Crippen molar-refractivity contribution in [3.05, 3.63) is 40.1 Å². The Bertz CT molecular complexity index is 991. The smallest absolute Gasteiger partial charge is 0.269 e. The Labute approximate surface area is 156 Å².